The van der Waals surface area contributed by atoms with E-state index in [9.17, 15) is 4.79 Å². The standard InChI is InChI=1S/C16H26N2OS2/c1-4-6-7-14-16(19)18(12(3)10-20-5-2)15(17-14)13-8-9-21-11-13/h8-9,11-12,14-15,17H,4-7,10H2,1-3H3. The Hall–Kier alpha value is -0.520. The van der Waals surface area contributed by atoms with Crippen LogP contribution in [0.2, 0.25) is 0 Å². The molecular formula is C16H26N2OS2. The number of thioether (sulfide) groups is 1. The van der Waals surface area contributed by atoms with Gasteiger partial charge in [0.15, 0.2) is 0 Å². The van der Waals surface area contributed by atoms with E-state index in [1.165, 1.54) is 5.56 Å². The van der Waals surface area contributed by atoms with Crippen molar-refractivity contribution in [3.8, 4) is 0 Å². The minimum absolute atomic E-state index is 0.0103. The zero-order chi connectivity index (χ0) is 15.2. The van der Waals surface area contributed by atoms with Gasteiger partial charge >= 0.3 is 0 Å². The van der Waals surface area contributed by atoms with Crippen LogP contribution >= 0.6 is 23.1 Å². The average molecular weight is 327 g/mol. The van der Waals surface area contributed by atoms with Crippen LogP contribution < -0.4 is 5.32 Å². The van der Waals surface area contributed by atoms with Crippen LogP contribution in [0, 0.1) is 0 Å². The fourth-order valence-electron chi connectivity index (χ4n) is 2.79. The van der Waals surface area contributed by atoms with E-state index in [1.54, 1.807) is 11.3 Å². The van der Waals surface area contributed by atoms with Crippen LogP contribution in [0.25, 0.3) is 0 Å². The molecule has 0 aliphatic carbocycles. The van der Waals surface area contributed by atoms with Gasteiger partial charge in [0, 0.05) is 11.8 Å². The van der Waals surface area contributed by atoms with Gasteiger partial charge in [-0.2, -0.15) is 23.1 Å². The van der Waals surface area contributed by atoms with Crippen LogP contribution in [-0.4, -0.2) is 34.4 Å². The Balaban J connectivity index is 2.13. The molecule has 2 rings (SSSR count). The molecule has 3 unspecified atom stereocenters. The summed E-state index contributed by atoms with van der Waals surface area (Å²) in [6.07, 6.45) is 3.24. The summed E-state index contributed by atoms with van der Waals surface area (Å²) in [5.41, 5.74) is 1.22. The minimum atomic E-state index is -0.0103. The molecule has 1 fully saturated rings. The molecule has 1 aromatic heterocycles. The van der Waals surface area contributed by atoms with Crippen molar-refractivity contribution in [3.05, 3.63) is 22.4 Å². The summed E-state index contributed by atoms with van der Waals surface area (Å²) in [7, 11) is 0. The summed E-state index contributed by atoms with van der Waals surface area (Å²) in [4.78, 5) is 14.9. The molecule has 1 aromatic rings. The fourth-order valence-corrected chi connectivity index (χ4v) is 4.21. The Morgan fingerprint density at radius 2 is 2.29 bits per heavy atom. The summed E-state index contributed by atoms with van der Waals surface area (Å²) in [5, 5.41) is 7.80. The molecule has 1 N–H and O–H groups in total. The number of nitrogens with one attached hydrogen (secondary N) is 1. The number of amides is 1. The van der Waals surface area contributed by atoms with Gasteiger partial charge in [0.1, 0.15) is 6.17 Å². The highest BCUT2D eigenvalue weighted by Crippen LogP contribution is 2.31. The summed E-state index contributed by atoms with van der Waals surface area (Å²) in [6.45, 7) is 6.51. The first-order valence-electron chi connectivity index (χ1n) is 7.87. The van der Waals surface area contributed by atoms with Crippen LogP contribution in [0.1, 0.15) is 51.8 Å². The van der Waals surface area contributed by atoms with E-state index in [0.717, 1.165) is 30.8 Å². The smallest absolute Gasteiger partial charge is 0.241 e. The highest BCUT2D eigenvalue weighted by molar-refractivity contribution is 7.99. The Bertz CT molecular complexity index is 435. The van der Waals surface area contributed by atoms with Crippen LogP contribution in [-0.2, 0) is 4.79 Å². The largest absolute Gasteiger partial charge is 0.318 e. The molecule has 1 aliphatic rings. The maximum Gasteiger partial charge on any atom is 0.241 e. The van der Waals surface area contributed by atoms with Crippen LogP contribution in [0.4, 0.5) is 0 Å². The topological polar surface area (TPSA) is 32.3 Å². The molecule has 1 saturated heterocycles. The number of nitrogens with zero attached hydrogens (tertiary/aromatic N) is 1. The quantitative estimate of drug-likeness (QED) is 0.787. The molecule has 3 nitrogen and oxygen atoms in total. The number of thiophene rings is 1. The molecule has 0 bridgehead atoms. The lowest BCUT2D eigenvalue weighted by Gasteiger charge is -2.30. The Kier molecular flexibility index (Phi) is 6.58. The molecule has 118 valence electrons. The van der Waals surface area contributed by atoms with Gasteiger partial charge in [-0.25, -0.2) is 0 Å². The van der Waals surface area contributed by atoms with E-state index >= 15 is 0 Å². The number of unbranched alkanes of at least 4 members (excludes halogenated alkanes) is 1. The van der Waals surface area contributed by atoms with Crippen molar-refractivity contribution in [2.45, 2.75) is 58.3 Å². The molecule has 2 heterocycles. The van der Waals surface area contributed by atoms with E-state index < -0.39 is 0 Å². The SMILES string of the molecule is CCCCC1NC(c2ccsc2)N(C(C)CSCC)C1=O. The van der Waals surface area contributed by atoms with E-state index in [4.69, 9.17) is 0 Å². The van der Waals surface area contributed by atoms with Gasteiger partial charge in [-0.3, -0.25) is 10.1 Å². The number of rotatable bonds is 8. The van der Waals surface area contributed by atoms with Gasteiger partial charge in [-0.1, -0.05) is 26.7 Å². The molecule has 1 amide bonds. The lowest BCUT2D eigenvalue weighted by molar-refractivity contribution is -0.131. The Morgan fingerprint density at radius 1 is 1.48 bits per heavy atom. The Morgan fingerprint density at radius 3 is 2.90 bits per heavy atom. The predicted molar refractivity (Wildman–Crippen MR) is 92.8 cm³/mol. The third kappa shape index (κ3) is 4.02. The zero-order valence-electron chi connectivity index (χ0n) is 13.2. The molecule has 0 aromatic carbocycles. The zero-order valence-corrected chi connectivity index (χ0v) is 14.8. The monoisotopic (exact) mass is 326 g/mol. The van der Waals surface area contributed by atoms with Crippen molar-refractivity contribution in [1.29, 1.82) is 0 Å². The van der Waals surface area contributed by atoms with Gasteiger partial charge < -0.3 is 4.90 Å². The first-order chi connectivity index (χ1) is 10.2. The first-order valence-corrected chi connectivity index (χ1v) is 9.96. The average Bonchev–Trinajstić information content (AvgIpc) is 3.10. The second-order valence-corrected chi connectivity index (χ2v) is 7.67. The van der Waals surface area contributed by atoms with E-state index in [0.29, 0.717) is 0 Å². The molecular weight excluding hydrogens is 300 g/mol. The maximum atomic E-state index is 12.8. The molecule has 5 heteroatoms. The van der Waals surface area contributed by atoms with Gasteiger partial charge in [-0.05, 0) is 41.5 Å². The van der Waals surface area contributed by atoms with Crippen LogP contribution in [0.5, 0.6) is 0 Å². The minimum Gasteiger partial charge on any atom is -0.318 e. The molecule has 1 aliphatic heterocycles. The van der Waals surface area contributed by atoms with Gasteiger partial charge in [-0.15, -0.1) is 0 Å². The number of hydrogen-bond acceptors (Lipinski definition) is 4. The van der Waals surface area contributed by atoms with Gasteiger partial charge in [0.2, 0.25) is 5.91 Å². The molecule has 0 radical (unpaired) electrons. The van der Waals surface area contributed by atoms with Crippen molar-refractivity contribution in [2.75, 3.05) is 11.5 Å². The lowest BCUT2D eigenvalue weighted by Crippen LogP contribution is -2.39. The van der Waals surface area contributed by atoms with Crippen molar-refractivity contribution in [2.24, 2.45) is 0 Å². The summed E-state index contributed by atoms with van der Waals surface area (Å²) in [5.74, 6) is 2.39. The third-order valence-electron chi connectivity index (χ3n) is 3.93. The Labute approximate surface area is 136 Å². The van der Waals surface area contributed by atoms with Crippen molar-refractivity contribution >= 4 is 29.0 Å². The third-order valence-corrected chi connectivity index (χ3v) is 5.76. The molecule has 3 atom stereocenters. The molecule has 0 saturated carbocycles. The highest BCUT2D eigenvalue weighted by Gasteiger charge is 2.41. The number of carbonyl (C=O) groups is 1. The normalized spacial score (nSPS) is 23.8. The van der Waals surface area contributed by atoms with Crippen molar-refractivity contribution in [1.82, 2.24) is 10.2 Å². The predicted octanol–water partition coefficient (Wildman–Crippen LogP) is 3.88. The number of carbonyl (C=O) groups excluding carboxylic acids is 1. The van der Waals surface area contributed by atoms with Crippen molar-refractivity contribution in [3.63, 3.8) is 0 Å². The fraction of sp³-hybridized carbons (Fsp3) is 0.688. The van der Waals surface area contributed by atoms with Crippen LogP contribution in [0.3, 0.4) is 0 Å². The highest BCUT2D eigenvalue weighted by atomic mass is 32.2. The summed E-state index contributed by atoms with van der Waals surface area (Å²) in [6, 6.07) is 2.39. The lowest BCUT2D eigenvalue weighted by atomic mass is 10.1. The summed E-state index contributed by atoms with van der Waals surface area (Å²) >= 11 is 3.60. The van der Waals surface area contributed by atoms with Gasteiger partial charge in [0.05, 0.1) is 6.04 Å². The van der Waals surface area contributed by atoms with Crippen molar-refractivity contribution < 1.29 is 4.79 Å². The second-order valence-electron chi connectivity index (χ2n) is 5.57. The van der Waals surface area contributed by atoms with Crippen LogP contribution in [0.15, 0.2) is 16.8 Å². The molecule has 21 heavy (non-hydrogen) atoms. The van der Waals surface area contributed by atoms with E-state index in [1.807, 2.05) is 11.8 Å². The number of hydrogen-bond donors (Lipinski definition) is 1. The molecule has 0 spiro atoms. The maximum absolute atomic E-state index is 12.8. The summed E-state index contributed by atoms with van der Waals surface area (Å²) < 4.78 is 0. The van der Waals surface area contributed by atoms with E-state index in [2.05, 4.69) is 47.8 Å². The first kappa shape index (κ1) is 16.8. The van der Waals surface area contributed by atoms with Gasteiger partial charge in [0.25, 0.3) is 0 Å². The second kappa shape index (κ2) is 8.20. The van der Waals surface area contributed by atoms with E-state index in [-0.39, 0.29) is 24.2 Å².